The van der Waals surface area contributed by atoms with Gasteiger partial charge in [-0.2, -0.15) is 0 Å². The van der Waals surface area contributed by atoms with Crippen molar-refractivity contribution in [2.45, 2.75) is 25.4 Å². The average molecular weight is 200 g/mol. The van der Waals surface area contributed by atoms with Crippen molar-refractivity contribution in [1.82, 2.24) is 9.80 Å². The summed E-state index contributed by atoms with van der Waals surface area (Å²) in [5.74, 6) is 0.860. The lowest BCUT2D eigenvalue weighted by Crippen LogP contribution is -2.24. The molecule has 0 amide bonds. The minimum absolute atomic E-state index is 0.554. The highest BCUT2D eigenvalue weighted by Crippen LogP contribution is 2.20. The van der Waals surface area contributed by atoms with Crippen molar-refractivity contribution in [2.75, 3.05) is 39.8 Å². The summed E-state index contributed by atoms with van der Waals surface area (Å²) in [5, 5.41) is 0. The zero-order chi connectivity index (χ0) is 9.97. The molecule has 0 spiro atoms. The number of halogens is 1. The van der Waals surface area contributed by atoms with Crippen LogP contribution in [0.2, 0.25) is 0 Å². The van der Waals surface area contributed by atoms with Gasteiger partial charge in [-0.05, 0) is 45.3 Å². The molecule has 2 nitrogen and oxygen atoms in total. The molecule has 2 fully saturated rings. The third kappa shape index (κ3) is 2.67. The Kier molecular flexibility index (Phi) is 3.39. The van der Waals surface area contributed by atoms with E-state index in [9.17, 15) is 4.39 Å². The van der Waals surface area contributed by atoms with Gasteiger partial charge in [0.2, 0.25) is 0 Å². The van der Waals surface area contributed by atoms with Crippen molar-refractivity contribution < 1.29 is 4.39 Å². The number of likely N-dealkylation sites (tertiary alicyclic amines) is 2. The van der Waals surface area contributed by atoms with E-state index in [1.807, 2.05) is 0 Å². The lowest BCUT2D eigenvalue weighted by molar-refractivity contribution is 0.268. The van der Waals surface area contributed by atoms with Gasteiger partial charge in [-0.25, -0.2) is 4.39 Å². The molecule has 2 rings (SSSR count). The van der Waals surface area contributed by atoms with Crippen molar-refractivity contribution in [3.8, 4) is 0 Å². The fourth-order valence-electron chi connectivity index (χ4n) is 2.62. The first-order valence-corrected chi connectivity index (χ1v) is 5.79. The number of alkyl halides is 1. The Balaban J connectivity index is 1.63. The molecule has 2 aliphatic rings. The minimum Gasteiger partial charge on any atom is -0.306 e. The molecule has 0 radical (unpaired) electrons. The van der Waals surface area contributed by atoms with E-state index in [0.29, 0.717) is 6.54 Å². The van der Waals surface area contributed by atoms with Gasteiger partial charge in [0.15, 0.2) is 0 Å². The minimum atomic E-state index is -0.554. The predicted octanol–water partition coefficient (Wildman–Crippen LogP) is 1.37. The largest absolute Gasteiger partial charge is 0.306 e. The number of nitrogens with zero attached hydrogens (tertiary/aromatic N) is 2. The average Bonchev–Trinajstić information content (AvgIpc) is 2.72. The van der Waals surface area contributed by atoms with Gasteiger partial charge in [0.25, 0.3) is 0 Å². The van der Waals surface area contributed by atoms with Gasteiger partial charge < -0.3 is 9.80 Å². The molecular weight excluding hydrogens is 179 g/mol. The van der Waals surface area contributed by atoms with Crippen molar-refractivity contribution in [1.29, 1.82) is 0 Å². The third-order valence-corrected chi connectivity index (χ3v) is 3.56. The Morgan fingerprint density at radius 3 is 2.64 bits per heavy atom. The van der Waals surface area contributed by atoms with Crippen LogP contribution in [0.25, 0.3) is 0 Å². The normalized spacial score (nSPS) is 35.6. The Hall–Kier alpha value is -0.150. The van der Waals surface area contributed by atoms with Crippen LogP contribution in [0.15, 0.2) is 0 Å². The van der Waals surface area contributed by atoms with Crippen LogP contribution in [0.5, 0.6) is 0 Å². The second-order valence-electron chi connectivity index (χ2n) is 4.89. The lowest BCUT2D eigenvalue weighted by Gasteiger charge is -2.17. The molecule has 0 N–H and O–H groups in total. The molecule has 0 aromatic rings. The Morgan fingerprint density at radius 2 is 2.07 bits per heavy atom. The van der Waals surface area contributed by atoms with Crippen LogP contribution >= 0.6 is 0 Å². The summed E-state index contributed by atoms with van der Waals surface area (Å²) in [4.78, 5) is 4.68. The highest BCUT2D eigenvalue weighted by molar-refractivity contribution is 4.78. The summed E-state index contributed by atoms with van der Waals surface area (Å²) in [6, 6.07) is 0. The predicted molar refractivity (Wildman–Crippen MR) is 56.2 cm³/mol. The fraction of sp³-hybridized carbons (Fsp3) is 1.00. The van der Waals surface area contributed by atoms with E-state index in [1.165, 1.54) is 25.9 Å². The first-order valence-electron chi connectivity index (χ1n) is 5.79. The molecule has 0 aliphatic carbocycles. The van der Waals surface area contributed by atoms with Gasteiger partial charge in [0.05, 0.1) is 0 Å². The van der Waals surface area contributed by atoms with Crippen LogP contribution in [0.1, 0.15) is 19.3 Å². The van der Waals surface area contributed by atoms with Gasteiger partial charge in [-0.1, -0.05) is 0 Å². The molecule has 0 aromatic heterocycles. The van der Waals surface area contributed by atoms with Crippen molar-refractivity contribution in [3.63, 3.8) is 0 Å². The number of hydrogen-bond donors (Lipinski definition) is 0. The second kappa shape index (κ2) is 4.58. The molecule has 2 heterocycles. The maximum Gasteiger partial charge on any atom is 0.114 e. The van der Waals surface area contributed by atoms with Crippen molar-refractivity contribution in [3.05, 3.63) is 0 Å². The summed E-state index contributed by atoms with van der Waals surface area (Å²) in [6.07, 6.45) is 2.80. The zero-order valence-corrected chi connectivity index (χ0v) is 9.08. The highest BCUT2D eigenvalue weighted by Gasteiger charge is 2.24. The maximum atomic E-state index is 12.9. The molecule has 0 bridgehead atoms. The lowest BCUT2D eigenvalue weighted by atomic mass is 10.1. The van der Waals surface area contributed by atoms with Crippen LogP contribution in [-0.4, -0.2) is 55.7 Å². The first kappa shape index (κ1) is 10.4. The second-order valence-corrected chi connectivity index (χ2v) is 4.89. The van der Waals surface area contributed by atoms with E-state index in [1.54, 1.807) is 0 Å². The molecule has 0 aromatic carbocycles. The van der Waals surface area contributed by atoms with Crippen LogP contribution < -0.4 is 0 Å². The Morgan fingerprint density at radius 1 is 1.21 bits per heavy atom. The summed E-state index contributed by atoms with van der Waals surface area (Å²) in [6.45, 7) is 5.26. The van der Waals surface area contributed by atoms with Crippen LogP contribution in [0.4, 0.5) is 4.39 Å². The van der Waals surface area contributed by atoms with E-state index >= 15 is 0 Å². The van der Waals surface area contributed by atoms with E-state index in [2.05, 4.69) is 16.8 Å². The number of rotatable bonds is 3. The van der Waals surface area contributed by atoms with Crippen LogP contribution in [-0.2, 0) is 0 Å². The first-order chi connectivity index (χ1) is 6.74. The molecule has 2 unspecified atom stereocenters. The zero-order valence-electron chi connectivity index (χ0n) is 9.08. The summed E-state index contributed by atoms with van der Waals surface area (Å²) in [7, 11) is 2.19. The van der Waals surface area contributed by atoms with E-state index in [-0.39, 0.29) is 0 Å². The third-order valence-electron chi connectivity index (χ3n) is 3.56. The molecule has 82 valence electrons. The van der Waals surface area contributed by atoms with Crippen molar-refractivity contribution in [2.24, 2.45) is 5.92 Å². The SMILES string of the molecule is CN1CCC(CCN2CCC(F)C2)C1. The van der Waals surface area contributed by atoms with Gasteiger partial charge in [-0.3, -0.25) is 0 Å². The summed E-state index contributed by atoms with van der Waals surface area (Å²) < 4.78 is 12.9. The molecule has 14 heavy (non-hydrogen) atoms. The topological polar surface area (TPSA) is 6.48 Å². The molecule has 3 heteroatoms. The molecule has 2 aliphatic heterocycles. The molecule has 0 saturated carbocycles. The summed E-state index contributed by atoms with van der Waals surface area (Å²) in [5.41, 5.74) is 0. The number of hydrogen-bond acceptors (Lipinski definition) is 2. The standard InChI is InChI=1S/C11H21FN2/c1-13-5-2-10(8-13)3-6-14-7-4-11(12)9-14/h10-11H,2-9H2,1H3. The molecule has 2 atom stereocenters. The quantitative estimate of drug-likeness (QED) is 0.679. The van der Waals surface area contributed by atoms with Gasteiger partial charge in [-0.15, -0.1) is 0 Å². The Labute approximate surface area is 86.1 Å². The van der Waals surface area contributed by atoms with Gasteiger partial charge in [0.1, 0.15) is 6.17 Å². The van der Waals surface area contributed by atoms with E-state index < -0.39 is 6.17 Å². The van der Waals surface area contributed by atoms with Crippen LogP contribution in [0, 0.1) is 5.92 Å². The molecular formula is C11H21FN2. The Bertz CT molecular complexity index is 166. The monoisotopic (exact) mass is 200 g/mol. The summed E-state index contributed by atoms with van der Waals surface area (Å²) >= 11 is 0. The van der Waals surface area contributed by atoms with E-state index in [0.717, 1.165) is 25.4 Å². The maximum absolute atomic E-state index is 12.9. The van der Waals surface area contributed by atoms with Gasteiger partial charge >= 0.3 is 0 Å². The fourth-order valence-corrected chi connectivity index (χ4v) is 2.62. The highest BCUT2D eigenvalue weighted by atomic mass is 19.1. The van der Waals surface area contributed by atoms with Crippen LogP contribution in [0.3, 0.4) is 0 Å². The van der Waals surface area contributed by atoms with Crippen molar-refractivity contribution >= 4 is 0 Å². The smallest absolute Gasteiger partial charge is 0.114 e. The van der Waals surface area contributed by atoms with Gasteiger partial charge in [0, 0.05) is 19.6 Å². The molecule has 2 saturated heterocycles. The van der Waals surface area contributed by atoms with E-state index in [4.69, 9.17) is 0 Å².